The minimum absolute atomic E-state index is 0.0788. The summed E-state index contributed by atoms with van der Waals surface area (Å²) in [5, 5.41) is 0. The second-order valence-corrected chi connectivity index (χ2v) is 7.45. The van der Waals surface area contributed by atoms with Gasteiger partial charge in [0.2, 0.25) is 0 Å². The van der Waals surface area contributed by atoms with Crippen molar-refractivity contribution in [1.82, 2.24) is 0 Å². The topological polar surface area (TPSA) is 34.1 Å². The molecule has 0 bridgehead atoms. The summed E-state index contributed by atoms with van der Waals surface area (Å²) in [5.74, 6) is -1.61. The molecule has 0 radical (unpaired) electrons. The Labute approximate surface area is 107 Å². The van der Waals surface area contributed by atoms with Crippen molar-refractivity contribution in [2.75, 3.05) is 11.5 Å². The van der Waals surface area contributed by atoms with Gasteiger partial charge >= 0.3 is 0 Å². The highest BCUT2D eigenvalue weighted by molar-refractivity contribution is 9.09. The standard InChI is InChI=1S/C11H11BrF2O2S/c12-11(8-3-4-17(15,16)6-8)7-1-2-9(13)10(14)5-7/h1-2,5,8,11H,3-4,6H2. The number of rotatable bonds is 2. The summed E-state index contributed by atoms with van der Waals surface area (Å²) in [7, 11) is -2.96. The lowest BCUT2D eigenvalue weighted by atomic mass is 9.99. The molecule has 2 atom stereocenters. The molecule has 1 fully saturated rings. The van der Waals surface area contributed by atoms with Crippen LogP contribution in [-0.4, -0.2) is 19.9 Å². The maximum atomic E-state index is 13.1. The zero-order valence-corrected chi connectivity index (χ0v) is 11.3. The van der Waals surface area contributed by atoms with E-state index in [9.17, 15) is 17.2 Å². The van der Waals surface area contributed by atoms with Crippen LogP contribution in [0.2, 0.25) is 0 Å². The number of sulfone groups is 1. The van der Waals surface area contributed by atoms with Crippen LogP contribution in [-0.2, 0) is 9.84 Å². The van der Waals surface area contributed by atoms with Gasteiger partial charge in [0.15, 0.2) is 21.5 Å². The van der Waals surface area contributed by atoms with Crippen molar-refractivity contribution in [2.24, 2.45) is 5.92 Å². The summed E-state index contributed by atoms with van der Waals surface area (Å²) in [6.07, 6.45) is 0.553. The van der Waals surface area contributed by atoms with Gasteiger partial charge in [0, 0.05) is 4.83 Å². The first-order valence-corrected chi connectivity index (χ1v) is 7.92. The second kappa shape index (κ2) is 4.65. The quantitative estimate of drug-likeness (QED) is 0.784. The SMILES string of the molecule is O=S1(=O)CCC(C(Br)c2ccc(F)c(F)c2)C1. The molecule has 2 rings (SSSR count). The third-order valence-electron chi connectivity index (χ3n) is 2.94. The maximum Gasteiger partial charge on any atom is 0.159 e. The van der Waals surface area contributed by atoms with Gasteiger partial charge < -0.3 is 0 Å². The minimum atomic E-state index is -2.96. The summed E-state index contributed by atoms with van der Waals surface area (Å²) in [6.45, 7) is 0. The van der Waals surface area contributed by atoms with Crippen LogP contribution in [0.15, 0.2) is 18.2 Å². The highest BCUT2D eigenvalue weighted by Gasteiger charge is 2.33. The van der Waals surface area contributed by atoms with E-state index < -0.39 is 21.5 Å². The van der Waals surface area contributed by atoms with Gasteiger partial charge in [-0.05, 0) is 30.0 Å². The molecule has 94 valence electrons. The van der Waals surface area contributed by atoms with E-state index in [0.29, 0.717) is 12.0 Å². The monoisotopic (exact) mass is 324 g/mol. The fraction of sp³-hybridized carbons (Fsp3) is 0.455. The molecule has 17 heavy (non-hydrogen) atoms. The molecule has 0 spiro atoms. The van der Waals surface area contributed by atoms with E-state index >= 15 is 0 Å². The lowest BCUT2D eigenvalue weighted by Gasteiger charge is -2.16. The van der Waals surface area contributed by atoms with Crippen molar-refractivity contribution in [3.05, 3.63) is 35.4 Å². The van der Waals surface area contributed by atoms with Crippen LogP contribution in [0, 0.1) is 17.6 Å². The zero-order valence-electron chi connectivity index (χ0n) is 8.87. The molecule has 0 aliphatic carbocycles. The Hall–Kier alpha value is -0.490. The highest BCUT2D eigenvalue weighted by Crippen LogP contribution is 2.38. The Morgan fingerprint density at radius 3 is 2.53 bits per heavy atom. The van der Waals surface area contributed by atoms with Crippen molar-refractivity contribution >= 4 is 25.8 Å². The molecule has 0 aromatic heterocycles. The van der Waals surface area contributed by atoms with E-state index in [1.165, 1.54) is 6.07 Å². The molecule has 1 aliphatic heterocycles. The highest BCUT2D eigenvalue weighted by atomic mass is 79.9. The fourth-order valence-corrected chi connectivity index (χ4v) is 4.83. The molecule has 2 unspecified atom stereocenters. The average molecular weight is 325 g/mol. The molecule has 1 aromatic carbocycles. The molecule has 1 saturated heterocycles. The molecule has 2 nitrogen and oxygen atoms in total. The average Bonchev–Trinajstić information content (AvgIpc) is 2.62. The number of hydrogen-bond donors (Lipinski definition) is 0. The van der Waals surface area contributed by atoms with Crippen LogP contribution in [0.4, 0.5) is 8.78 Å². The smallest absolute Gasteiger partial charge is 0.159 e. The predicted octanol–water partition coefficient (Wildman–Crippen LogP) is 2.84. The van der Waals surface area contributed by atoms with Gasteiger partial charge in [-0.1, -0.05) is 22.0 Å². The first kappa shape index (κ1) is 13.0. The third-order valence-corrected chi connectivity index (χ3v) is 6.01. The largest absolute Gasteiger partial charge is 0.229 e. The summed E-state index contributed by atoms with van der Waals surface area (Å²) in [4.78, 5) is -0.255. The maximum absolute atomic E-state index is 13.1. The van der Waals surface area contributed by atoms with E-state index in [1.807, 2.05) is 0 Å². The van der Waals surface area contributed by atoms with Gasteiger partial charge in [0.05, 0.1) is 11.5 Å². The Bertz CT molecular complexity index is 530. The molecule has 6 heteroatoms. The van der Waals surface area contributed by atoms with Gasteiger partial charge in [-0.25, -0.2) is 17.2 Å². The van der Waals surface area contributed by atoms with Crippen molar-refractivity contribution < 1.29 is 17.2 Å². The summed E-state index contributed by atoms with van der Waals surface area (Å²) < 4.78 is 48.5. The van der Waals surface area contributed by atoms with Crippen molar-refractivity contribution in [3.63, 3.8) is 0 Å². The lowest BCUT2D eigenvalue weighted by Crippen LogP contribution is -2.10. The molecule has 1 heterocycles. The van der Waals surface area contributed by atoms with Gasteiger partial charge in [0.25, 0.3) is 0 Å². The van der Waals surface area contributed by atoms with Crippen LogP contribution >= 0.6 is 15.9 Å². The normalized spacial score (nSPS) is 24.8. The summed E-state index contributed by atoms with van der Waals surface area (Å²) >= 11 is 3.37. The Balaban J connectivity index is 2.20. The summed E-state index contributed by atoms with van der Waals surface area (Å²) in [5.41, 5.74) is 0.575. The lowest BCUT2D eigenvalue weighted by molar-refractivity contribution is 0.503. The van der Waals surface area contributed by atoms with E-state index in [4.69, 9.17) is 0 Å². The Morgan fingerprint density at radius 1 is 1.29 bits per heavy atom. The summed E-state index contributed by atoms with van der Waals surface area (Å²) in [6, 6.07) is 3.64. The predicted molar refractivity (Wildman–Crippen MR) is 64.8 cm³/mol. The number of alkyl halides is 1. The van der Waals surface area contributed by atoms with Crippen LogP contribution in [0.25, 0.3) is 0 Å². The van der Waals surface area contributed by atoms with Gasteiger partial charge in [-0.2, -0.15) is 0 Å². The number of halogens is 3. The zero-order chi connectivity index (χ0) is 12.6. The van der Waals surface area contributed by atoms with Crippen molar-refractivity contribution in [2.45, 2.75) is 11.2 Å². The minimum Gasteiger partial charge on any atom is -0.229 e. The third kappa shape index (κ3) is 2.85. The van der Waals surface area contributed by atoms with Gasteiger partial charge in [-0.3, -0.25) is 0 Å². The molecule has 0 N–H and O–H groups in total. The van der Waals surface area contributed by atoms with Crippen LogP contribution in [0.5, 0.6) is 0 Å². The van der Waals surface area contributed by atoms with Crippen LogP contribution < -0.4 is 0 Å². The Morgan fingerprint density at radius 2 is 2.00 bits per heavy atom. The molecule has 0 amide bonds. The van der Waals surface area contributed by atoms with Gasteiger partial charge in [0.1, 0.15) is 0 Å². The van der Waals surface area contributed by atoms with Crippen LogP contribution in [0.3, 0.4) is 0 Å². The van der Waals surface area contributed by atoms with E-state index in [0.717, 1.165) is 12.1 Å². The molecular formula is C11H11BrF2O2S. The molecular weight excluding hydrogens is 314 g/mol. The number of benzene rings is 1. The Kier molecular flexibility index (Phi) is 3.54. The second-order valence-electron chi connectivity index (χ2n) is 4.24. The van der Waals surface area contributed by atoms with Crippen molar-refractivity contribution in [3.8, 4) is 0 Å². The number of hydrogen-bond acceptors (Lipinski definition) is 2. The first-order chi connectivity index (χ1) is 7.89. The molecule has 1 aliphatic rings. The first-order valence-electron chi connectivity index (χ1n) is 5.18. The molecule has 1 aromatic rings. The van der Waals surface area contributed by atoms with Crippen LogP contribution in [0.1, 0.15) is 16.8 Å². The van der Waals surface area contributed by atoms with Crippen molar-refractivity contribution in [1.29, 1.82) is 0 Å². The van der Waals surface area contributed by atoms with E-state index in [2.05, 4.69) is 15.9 Å². The fourth-order valence-electron chi connectivity index (χ4n) is 2.01. The van der Waals surface area contributed by atoms with Gasteiger partial charge in [-0.15, -0.1) is 0 Å². The van der Waals surface area contributed by atoms with E-state index in [1.54, 1.807) is 0 Å². The van der Waals surface area contributed by atoms with E-state index in [-0.39, 0.29) is 22.3 Å². The molecule has 0 saturated carbocycles.